The summed E-state index contributed by atoms with van der Waals surface area (Å²) >= 11 is 4.92. The van der Waals surface area contributed by atoms with Crippen LogP contribution in [0.25, 0.3) is 0 Å². The summed E-state index contributed by atoms with van der Waals surface area (Å²) in [6.45, 7) is 3.89. The first kappa shape index (κ1) is 17.1. The van der Waals surface area contributed by atoms with Crippen LogP contribution in [0.15, 0.2) is 30.3 Å². The molecular weight excluding hydrogens is 286 g/mol. The molecule has 0 heterocycles. The Hall–Kier alpha value is -1.95. The summed E-state index contributed by atoms with van der Waals surface area (Å²) in [6, 6.07) is 9.74. The monoisotopic (exact) mass is 307 g/mol. The van der Waals surface area contributed by atoms with E-state index in [2.05, 4.69) is 16.2 Å². The molecule has 6 heteroatoms. The first-order valence-corrected chi connectivity index (χ1v) is 7.30. The molecule has 21 heavy (non-hydrogen) atoms. The van der Waals surface area contributed by atoms with Gasteiger partial charge in [0, 0.05) is 12.8 Å². The van der Waals surface area contributed by atoms with E-state index in [0.29, 0.717) is 19.3 Å². The van der Waals surface area contributed by atoms with Gasteiger partial charge < -0.3 is 5.32 Å². The van der Waals surface area contributed by atoms with Crippen LogP contribution in [0, 0.1) is 5.92 Å². The largest absolute Gasteiger partial charge is 0.302 e. The van der Waals surface area contributed by atoms with Crippen molar-refractivity contribution in [3.63, 3.8) is 0 Å². The van der Waals surface area contributed by atoms with Crippen molar-refractivity contribution in [2.75, 3.05) is 0 Å². The molecule has 0 aromatic heterocycles. The molecule has 0 aliphatic carbocycles. The predicted octanol–water partition coefficient (Wildman–Crippen LogP) is 1.69. The van der Waals surface area contributed by atoms with E-state index in [1.165, 1.54) is 0 Å². The first-order chi connectivity index (χ1) is 9.97. The number of hydrazine groups is 1. The van der Waals surface area contributed by atoms with Gasteiger partial charge in [0.15, 0.2) is 5.11 Å². The van der Waals surface area contributed by atoms with Crippen LogP contribution in [0.1, 0.15) is 32.3 Å². The number of thiocarbonyl (C=S) groups is 1. The van der Waals surface area contributed by atoms with Crippen molar-refractivity contribution < 1.29 is 9.59 Å². The highest BCUT2D eigenvalue weighted by Crippen LogP contribution is 2.01. The van der Waals surface area contributed by atoms with Crippen LogP contribution in [0.4, 0.5) is 0 Å². The Morgan fingerprint density at radius 1 is 1.10 bits per heavy atom. The molecule has 1 aromatic rings. The molecule has 0 aliphatic rings. The Bertz CT molecular complexity index is 489. The molecule has 0 aliphatic heterocycles. The third-order valence-electron chi connectivity index (χ3n) is 2.65. The van der Waals surface area contributed by atoms with E-state index in [1.807, 2.05) is 44.2 Å². The van der Waals surface area contributed by atoms with Crippen molar-refractivity contribution in [2.45, 2.75) is 33.1 Å². The van der Waals surface area contributed by atoms with Crippen molar-refractivity contribution >= 4 is 29.1 Å². The minimum Gasteiger partial charge on any atom is -0.302 e. The molecule has 1 aromatic carbocycles. The number of hydrogen-bond donors (Lipinski definition) is 3. The molecule has 3 N–H and O–H groups in total. The van der Waals surface area contributed by atoms with Crippen LogP contribution in [0.3, 0.4) is 0 Å². The van der Waals surface area contributed by atoms with E-state index in [9.17, 15) is 9.59 Å². The second kappa shape index (κ2) is 9.07. The topological polar surface area (TPSA) is 70.2 Å². The van der Waals surface area contributed by atoms with E-state index < -0.39 is 0 Å². The third-order valence-corrected chi connectivity index (χ3v) is 2.85. The highest BCUT2D eigenvalue weighted by molar-refractivity contribution is 7.80. The minimum absolute atomic E-state index is 0.105. The SMILES string of the molecule is CC(C)CC(=O)NC(=S)NNC(=O)CCc1ccccc1. The molecule has 0 fully saturated rings. The zero-order valence-corrected chi connectivity index (χ0v) is 13.1. The lowest BCUT2D eigenvalue weighted by Gasteiger charge is -2.11. The molecule has 114 valence electrons. The number of carbonyl (C=O) groups is 2. The number of benzene rings is 1. The summed E-state index contributed by atoms with van der Waals surface area (Å²) in [4.78, 5) is 23.1. The molecule has 0 unspecified atom stereocenters. The van der Waals surface area contributed by atoms with Crippen LogP contribution in [-0.2, 0) is 16.0 Å². The molecular formula is C15H21N3O2S. The molecule has 0 radical (unpaired) electrons. The zero-order chi connectivity index (χ0) is 15.7. The lowest BCUT2D eigenvalue weighted by Crippen LogP contribution is -2.48. The van der Waals surface area contributed by atoms with Crippen molar-refractivity contribution in [1.29, 1.82) is 0 Å². The maximum Gasteiger partial charge on any atom is 0.238 e. The summed E-state index contributed by atoms with van der Waals surface area (Å²) in [5, 5.41) is 2.61. The van der Waals surface area contributed by atoms with Crippen molar-refractivity contribution in [1.82, 2.24) is 16.2 Å². The Balaban J connectivity index is 2.20. The van der Waals surface area contributed by atoms with E-state index in [-0.39, 0.29) is 22.8 Å². The Morgan fingerprint density at radius 3 is 2.38 bits per heavy atom. The summed E-state index contributed by atoms with van der Waals surface area (Å²) in [5.41, 5.74) is 6.09. The minimum atomic E-state index is -0.181. The van der Waals surface area contributed by atoms with Gasteiger partial charge in [0.25, 0.3) is 0 Å². The molecule has 0 atom stereocenters. The number of aryl methyl sites for hydroxylation is 1. The first-order valence-electron chi connectivity index (χ1n) is 6.90. The van der Waals surface area contributed by atoms with Crippen LogP contribution in [0.5, 0.6) is 0 Å². The second-order valence-electron chi connectivity index (χ2n) is 5.13. The average molecular weight is 307 g/mol. The van der Waals surface area contributed by atoms with Gasteiger partial charge in [0.2, 0.25) is 11.8 Å². The van der Waals surface area contributed by atoms with Gasteiger partial charge in [-0.05, 0) is 30.1 Å². The van der Waals surface area contributed by atoms with Crippen molar-refractivity contribution in [3.05, 3.63) is 35.9 Å². The maximum atomic E-state index is 11.6. The predicted molar refractivity (Wildman–Crippen MR) is 86.2 cm³/mol. The molecule has 0 spiro atoms. The van der Waals surface area contributed by atoms with E-state index >= 15 is 0 Å². The summed E-state index contributed by atoms with van der Waals surface area (Å²) in [7, 11) is 0. The highest BCUT2D eigenvalue weighted by Gasteiger charge is 2.07. The van der Waals surface area contributed by atoms with Crippen molar-refractivity contribution in [3.8, 4) is 0 Å². The summed E-state index contributed by atoms with van der Waals surface area (Å²) < 4.78 is 0. The highest BCUT2D eigenvalue weighted by atomic mass is 32.1. The number of nitrogens with one attached hydrogen (secondary N) is 3. The van der Waals surface area contributed by atoms with E-state index in [0.717, 1.165) is 5.56 Å². The molecule has 0 saturated heterocycles. The van der Waals surface area contributed by atoms with Gasteiger partial charge in [-0.1, -0.05) is 44.2 Å². The fraction of sp³-hybridized carbons (Fsp3) is 0.400. The van der Waals surface area contributed by atoms with Crippen LogP contribution < -0.4 is 16.2 Å². The fourth-order valence-electron chi connectivity index (χ4n) is 1.67. The standard InChI is InChI=1S/C15H21N3O2S/c1-11(2)10-14(20)16-15(21)18-17-13(19)9-8-12-6-4-3-5-7-12/h3-7,11H,8-10H2,1-2H3,(H,17,19)(H2,16,18,20,21). The van der Waals surface area contributed by atoms with Gasteiger partial charge in [-0.2, -0.15) is 0 Å². The van der Waals surface area contributed by atoms with E-state index in [4.69, 9.17) is 12.2 Å². The second-order valence-corrected chi connectivity index (χ2v) is 5.54. The summed E-state index contributed by atoms with van der Waals surface area (Å²) in [5.74, 6) is -0.0893. The van der Waals surface area contributed by atoms with Gasteiger partial charge in [-0.15, -0.1) is 0 Å². The number of carbonyl (C=O) groups excluding carboxylic acids is 2. The van der Waals surface area contributed by atoms with Gasteiger partial charge >= 0.3 is 0 Å². The van der Waals surface area contributed by atoms with Crippen LogP contribution >= 0.6 is 12.2 Å². The Labute approximate surface area is 130 Å². The average Bonchev–Trinajstić information content (AvgIpc) is 2.43. The van der Waals surface area contributed by atoms with Gasteiger partial charge in [-0.3, -0.25) is 20.4 Å². The van der Waals surface area contributed by atoms with Gasteiger partial charge in [0.05, 0.1) is 0 Å². The van der Waals surface area contributed by atoms with E-state index in [1.54, 1.807) is 0 Å². The molecule has 0 saturated carbocycles. The molecule has 5 nitrogen and oxygen atoms in total. The Kier molecular flexibility index (Phi) is 7.39. The molecule has 0 bridgehead atoms. The quantitative estimate of drug-likeness (QED) is 0.572. The maximum absolute atomic E-state index is 11.6. The van der Waals surface area contributed by atoms with Crippen LogP contribution in [0.2, 0.25) is 0 Å². The Morgan fingerprint density at radius 2 is 1.76 bits per heavy atom. The van der Waals surface area contributed by atoms with Crippen molar-refractivity contribution in [2.24, 2.45) is 5.92 Å². The van der Waals surface area contributed by atoms with Gasteiger partial charge in [-0.25, -0.2) is 0 Å². The lowest BCUT2D eigenvalue weighted by atomic mass is 10.1. The molecule has 2 amide bonds. The normalized spacial score (nSPS) is 10.0. The third kappa shape index (κ3) is 8.04. The number of amides is 2. The zero-order valence-electron chi connectivity index (χ0n) is 12.3. The number of hydrogen-bond acceptors (Lipinski definition) is 3. The summed E-state index contributed by atoms with van der Waals surface area (Å²) in [6.07, 6.45) is 1.39. The fourth-order valence-corrected chi connectivity index (χ4v) is 1.84. The lowest BCUT2D eigenvalue weighted by molar-refractivity contribution is -0.122. The number of rotatable bonds is 5. The van der Waals surface area contributed by atoms with Crippen LogP contribution in [-0.4, -0.2) is 16.9 Å². The molecule has 1 rings (SSSR count). The van der Waals surface area contributed by atoms with Gasteiger partial charge in [0.1, 0.15) is 0 Å². The smallest absolute Gasteiger partial charge is 0.238 e.